The molecule has 0 radical (unpaired) electrons. The average Bonchev–Trinajstić information content (AvgIpc) is 3.14. The fourth-order valence-corrected chi connectivity index (χ4v) is 4.21. The van der Waals surface area contributed by atoms with Crippen LogP contribution in [0.3, 0.4) is 0 Å². The first-order chi connectivity index (χ1) is 13.6. The lowest BCUT2D eigenvalue weighted by atomic mass is 10.1. The van der Waals surface area contributed by atoms with Gasteiger partial charge in [0.15, 0.2) is 0 Å². The minimum atomic E-state index is -3.56. The molecule has 0 aliphatic carbocycles. The molecule has 9 heteroatoms. The van der Waals surface area contributed by atoms with Crippen molar-refractivity contribution in [3.63, 3.8) is 0 Å². The summed E-state index contributed by atoms with van der Waals surface area (Å²) < 4.78 is 38.8. The molecule has 0 saturated heterocycles. The highest BCUT2D eigenvalue weighted by atomic mass is 32.2. The third kappa shape index (κ3) is 3.67. The SMILES string of the molecule is CCn1c(COC(=O)c2c(C)oc(C)c2C)nc2cc(S(=O)(=O)N(C)C)ccc21. The second-order valence-corrected chi connectivity index (χ2v) is 9.15. The minimum Gasteiger partial charge on any atom is -0.465 e. The van der Waals surface area contributed by atoms with Gasteiger partial charge in [0.1, 0.15) is 29.5 Å². The number of nitrogens with zero attached hydrogens (tertiary/aromatic N) is 3. The van der Waals surface area contributed by atoms with Crippen molar-refractivity contribution in [3.05, 3.63) is 46.7 Å². The molecule has 2 aromatic heterocycles. The van der Waals surface area contributed by atoms with Gasteiger partial charge in [0.25, 0.3) is 0 Å². The van der Waals surface area contributed by atoms with E-state index in [0.29, 0.717) is 35.0 Å². The van der Waals surface area contributed by atoms with Crippen LogP contribution in [0.15, 0.2) is 27.5 Å². The van der Waals surface area contributed by atoms with E-state index in [2.05, 4.69) is 4.98 Å². The zero-order chi connectivity index (χ0) is 21.5. The molecule has 3 aromatic rings. The molecule has 0 fully saturated rings. The van der Waals surface area contributed by atoms with E-state index in [1.807, 2.05) is 18.4 Å². The van der Waals surface area contributed by atoms with E-state index in [-0.39, 0.29) is 11.5 Å². The average molecular weight is 420 g/mol. The lowest BCUT2D eigenvalue weighted by Gasteiger charge is -2.11. The molecule has 0 atom stereocenters. The summed E-state index contributed by atoms with van der Waals surface area (Å²) in [4.78, 5) is 17.2. The van der Waals surface area contributed by atoms with Crippen LogP contribution in [0.2, 0.25) is 0 Å². The monoisotopic (exact) mass is 419 g/mol. The van der Waals surface area contributed by atoms with Crippen molar-refractivity contribution >= 4 is 27.0 Å². The number of benzene rings is 1. The summed E-state index contributed by atoms with van der Waals surface area (Å²) in [5.41, 5.74) is 2.51. The number of sulfonamides is 1. The molecular weight excluding hydrogens is 394 g/mol. The van der Waals surface area contributed by atoms with Crippen LogP contribution in [0.1, 0.15) is 40.2 Å². The summed E-state index contributed by atoms with van der Waals surface area (Å²) in [6.45, 7) is 7.87. The van der Waals surface area contributed by atoms with Crippen LogP contribution >= 0.6 is 0 Å². The molecule has 3 rings (SSSR count). The number of imidazole rings is 1. The smallest absolute Gasteiger partial charge is 0.342 e. The van der Waals surface area contributed by atoms with Gasteiger partial charge in [0.05, 0.1) is 15.9 Å². The van der Waals surface area contributed by atoms with Gasteiger partial charge in [0.2, 0.25) is 10.0 Å². The van der Waals surface area contributed by atoms with Gasteiger partial charge in [-0.05, 0) is 45.9 Å². The first kappa shape index (κ1) is 21.1. The molecule has 0 bridgehead atoms. The summed E-state index contributed by atoms with van der Waals surface area (Å²) in [6.07, 6.45) is 0. The molecule has 156 valence electrons. The van der Waals surface area contributed by atoms with Crippen molar-refractivity contribution in [3.8, 4) is 0 Å². The number of hydrogen-bond acceptors (Lipinski definition) is 6. The Morgan fingerprint density at radius 1 is 1.21 bits per heavy atom. The molecule has 0 saturated carbocycles. The van der Waals surface area contributed by atoms with Gasteiger partial charge in [-0.25, -0.2) is 22.5 Å². The zero-order valence-corrected chi connectivity index (χ0v) is 18.3. The maximum Gasteiger partial charge on any atom is 0.342 e. The van der Waals surface area contributed by atoms with Crippen LogP contribution in [0.5, 0.6) is 0 Å². The summed E-state index contributed by atoms with van der Waals surface area (Å²) in [5.74, 6) is 1.28. The van der Waals surface area contributed by atoms with Gasteiger partial charge in [-0.3, -0.25) is 0 Å². The van der Waals surface area contributed by atoms with Gasteiger partial charge in [0, 0.05) is 26.2 Å². The fraction of sp³-hybridized carbons (Fsp3) is 0.400. The Morgan fingerprint density at radius 3 is 2.45 bits per heavy atom. The second kappa shape index (κ2) is 7.64. The predicted octanol–water partition coefficient (Wildman–Crippen LogP) is 3.18. The van der Waals surface area contributed by atoms with Crippen molar-refractivity contribution in [1.29, 1.82) is 0 Å². The van der Waals surface area contributed by atoms with Crippen LogP contribution in [-0.4, -0.2) is 42.3 Å². The van der Waals surface area contributed by atoms with Crippen LogP contribution < -0.4 is 0 Å². The number of hydrogen-bond donors (Lipinski definition) is 0. The summed E-state index contributed by atoms with van der Waals surface area (Å²) in [7, 11) is -0.594. The van der Waals surface area contributed by atoms with Crippen molar-refractivity contribution in [2.75, 3.05) is 14.1 Å². The van der Waals surface area contributed by atoms with E-state index < -0.39 is 16.0 Å². The molecule has 2 heterocycles. The van der Waals surface area contributed by atoms with Gasteiger partial charge < -0.3 is 13.7 Å². The molecule has 0 unspecified atom stereocenters. The maximum absolute atomic E-state index is 12.5. The highest BCUT2D eigenvalue weighted by molar-refractivity contribution is 7.89. The third-order valence-corrected chi connectivity index (χ3v) is 6.80. The van der Waals surface area contributed by atoms with E-state index in [0.717, 1.165) is 15.4 Å². The molecule has 29 heavy (non-hydrogen) atoms. The van der Waals surface area contributed by atoms with E-state index in [1.165, 1.54) is 20.2 Å². The summed E-state index contributed by atoms with van der Waals surface area (Å²) >= 11 is 0. The fourth-order valence-electron chi connectivity index (χ4n) is 3.29. The number of carbonyl (C=O) groups excluding carboxylic acids is 1. The van der Waals surface area contributed by atoms with Crippen LogP contribution in [0, 0.1) is 20.8 Å². The Hall–Kier alpha value is -2.65. The normalized spacial score (nSPS) is 12.1. The number of carbonyl (C=O) groups is 1. The number of ether oxygens (including phenoxy) is 1. The Bertz CT molecular complexity index is 1190. The van der Waals surface area contributed by atoms with Crippen molar-refractivity contribution in [1.82, 2.24) is 13.9 Å². The second-order valence-electron chi connectivity index (χ2n) is 7.00. The molecule has 0 spiro atoms. The third-order valence-electron chi connectivity index (χ3n) is 4.99. The van der Waals surface area contributed by atoms with Gasteiger partial charge >= 0.3 is 5.97 Å². The van der Waals surface area contributed by atoms with Crippen molar-refractivity contribution < 1.29 is 22.4 Å². The number of rotatable bonds is 6. The Balaban J connectivity index is 1.92. The van der Waals surface area contributed by atoms with Gasteiger partial charge in [-0.15, -0.1) is 0 Å². The largest absolute Gasteiger partial charge is 0.465 e. The van der Waals surface area contributed by atoms with Crippen LogP contribution in [0.4, 0.5) is 0 Å². The van der Waals surface area contributed by atoms with Gasteiger partial charge in [-0.1, -0.05) is 0 Å². The van der Waals surface area contributed by atoms with Crippen LogP contribution in [-0.2, 0) is 27.9 Å². The van der Waals surface area contributed by atoms with E-state index in [1.54, 1.807) is 26.0 Å². The highest BCUT2D eigenvalue weighted by Gasteiger charge is 2.22. The molecular formula is C20H25N3O5S. The minimum absolute atomic E-state index is 0.0276. The van der Waals surface area contributed by atoms with Crippen molar-refractivity contribution in [2.24, 2.45) is 0 Å². The molecule has 0 N–H and O–H groups in total. The topological polar surface area (TPSA) is 94.6 Å². The Kier molecular flexibility index (Phi) is 5.55. The van der Waals surface area contributed by atoms with Crippen molar-refractivity contribution in [2.45, 2.75) is 45.7 Å². The zero-order valence-electron chi connectivity index (χ0n) is 17.4. The maximum atomic E-state index is 12.5. The summed E-state index contributed by atoms with van der Waals surface area (Å²) in [6, 6.07) is 4.82. The Morgan fingerprint density at radius 2 is 1.90 bits per heavy atom. The highest BCUT2D eigenvalue weighted by Crippen LogP contribution is 2.24. The quantitative estimate of drug-likeness (QED) is 0.570. The first-order valence-electron chi connectivity index (χ1n) is 9.23. The molecule has 0 amide bonds. The Labute approximate surface area is 170 Å². The van der Waals surface area contributed by atoms with Crippen LogP contribution in [0.25, 0.3) is 11.0 Å². The number of fused-ring (bicyclic) bond motifs is 1. The van der Waals surface area contributed by atoms with Gasteiger partial charge in [-0.2, -0.15) is 0 Å². The summed E-state index contributed by atoms with van der Waals surface area (Å²) in [5, 5.41) is 0. The molecule has 8 nitrogen and oxygen atoms in total. The lowest BCUT2D eigenvalue weighted by molar-refractivity contribution is 0.0456. The van der Waals surface area contributed by atoms with E-state index in [9.17, 15) is 13.2 Å². The number of aryl methyl sites for hydroxylation is 3. The lowest BCUT2D eigenvalue weighted by Crippen LogP contribution is -2.22. The molecule has 0 aliphatic heterocycles. The molecule has 0 aliphatic rings. The first-order valence-corrected chi connectivity index (χ1v) is 10.7. The number of furan rings is 1. The predicted molar refractivity (Wildman–Crippen MR) is 108 cm³/mol. The number of esters is 1. The standard InChI is InChI=1S/C20H25N3O5S/c1-7-23-17-9-8-15(29(25,26)22(5)6)10-16(17)21-18(23)11-27-20(24)19-12(2)13(3)28-14(19)4/h8-10H,7,11H2,1-6H3. The molecule has 1 aromatic carbocycles. The van der Waals surface area contributed by atoms with E-state index in [4.69, 9.17) is 9.15 Å². The van der Waals surface area contributed by atoms with E-state index >= 15 is 0 Å². The number of aromatic nitrogens is 2.